The predicted molar refractivity (Wildman–Crippen MR) is 54.8 cm³/mol. The number of nitrogens with zero attached hydrogens (tertiary/aromatic N) is 2. The molecule has 0 amide bonds. The lowest BCUT2D eigenvalue weighted by molar-refractivity contribution is 0.279. The highest BCUT2D eigenvalue weighted by Gasteiger charge is 2.03. The van der Waals surface area contributed by atoms with Gasteiger partial charge in [-0.2, -0.15) is 0 Å². The second-order valence-electron chi connectivity index (χ2n) is 3.10. The molecular weight excluding hydrogens is 150 g/mol. The molecule has 0 heterocycles. The summed E-state index contributed by atoms with van der Waals surface area (Å²) in [6.45, 7) is 8.22. The van der Waals surface area contributed by atoms with Crippen LogP contribution in [0, 0.1) is 0 Å². The summed E-state index contributed by atoms with van der Waals surface area (Å²) in [6, 6.07) is 0. The number of rotatable bonds is 5. The molecule has 0 aromatic carbocycles. The van der Waals surface area contributed by atoms with Crippen LogP contribution in [0.1, 0.15) is 20.8 Å². The molecule has 0 aromatic rings. The van der Waals surface area contributed by atoms with Gasteiger partial charge in [0.1, 0.15) is 0 Å². The summed E-state index contributed by atoms with van der Waals surface area (Å²) < 4.78 is 0. The maximum Gasteiger partial charge on any atom is 0.0987 e. The highest BCUT2D eigenvalue weighted by atomic mass is 15.2. The molecule has 72 valence electrons. The molecule has 0 rings (SSSR count). The molecular formula is C9H21N3. The van der Waals surface area contributed by atoms with E-state index in [9.17, 15) is 0 Å². The van der Waals surface area contributed by atoms with E-state index in [-0.39, 0.29) is 0 Å². The van der Waals surface area contributed by atoms with E-state index < -0.39 is 0 Å². The van der Waals surface area contributed by atoms with Gasteiger partial charge < -0.3 is 5.32 Å². The van der Waals surface area contributed by atoms with Crippen LogP contribution in [-0.4, -0.2) is 44.0 Å². The summed E-state index contributed by atoms with van der Waals surface area (Å²) >= 11 is 0. The molecule has 0 saturated heterocycles. The van der Waals surface area contributed by atoms with Crippen molar-refractivity contribution in [2.45, 2.75) is 26.9 Å². The van der Waals surface area contributed by atoms with Crippen LogP contribution in [0.15, 0.2) is 4.99 Å². The van der Waals surface area contributed by atoms with E-state index in [0.717, 1.165) is 18.8 Å². The Morgan fingerprint density at radius 2 is 2.17 bits per heavy atom. The largest absolute Gasteiger partial charge is 0.315 e. The Kier molecular flexibility index (Phi) is 5.93. The third-order valence-electron chi connectivity index (χ3n) is 1.98. The molecule has 12 heavy (non-hydrogen) atoms. The molecule has 0 saturated carbocycles. The first-order valence-corrected chi connectivity index (χ1v) is 4.50. The third-order valence-corrected chi connectivity index (χ3v) is 1.98. The Morgan fingerprint density at radius 3 is 2.58 bits per heavy atom. The van der Waals surface area contributed by atoms with E-state index in [1.165, 1.54) is 0 Å². The molecule has 0 aromatic heterocycles. The minimum absolute atomic E-state index is 0.295. The van der Waals surface area contributed by atoms with Gasteiger partial charge in [0.15, 0.2) is 0 Å². The Hall–Kier alpha value is -0.410. The van der Waals surface area contributed by atoms with Gasteiger partial charge >= 0.3 is 0 Å². The maximum absolute atomic E-state index is 4.52. The first-order chi connectivity index (χ1) is 5.61. The van der Waals surface area contributed by atoms with E-state index >= 15 is 0 Å². The molecule has 0 aliphatic heterocycles. The number of nitrogens with one attached hydrogen (secondary N) is 1. The topological polar surface area (TPSA) is 27.6 Å². The van der Waals surface area contributed by atoms with Gasteiger partial charge in [0.25, 0.3) is 0 Å². The highest BCUT2D eigenvalue weighted by Crippen LogP contribution is 1.96. The van der Waals surface area contributed by atoms with Crippen molar-refractivity contribution in [2.75, 3.05) is 27.2 Å². The zero-order valence-corrected chi connectivity index (χ0v) is 8.89. The first-order valence-electron chi connectivity index (χ1n) is 4.50. The van der Waals surface area contributed by atoms with Crippen molar-refractivity contribution < 1.29 is 0 Å². The number of aliphatic imine (C=N–C) groups is 1. The molecule has 1 N–H and O–H groups in total. The SMILES string of the molecule is CCN(C)C(C)N=C(C)CNC. The molecule has 0 aliphatic rings. The predicted octanol–water partition coefficient (Wildman–Crippen LogP) is 0.964. The van der Waals surface area contributed by atoms with Gasteiger partial charge in [0, 0.05) is 12.3 Å². The lowest BCUT2D eigenvalue weighted by Crippen LogP contribution is -2.29. The fourth-order valence-electron chi connectivity index (χ4n) is 0.983. The normalized spacial score (nSPS) is 15.3. The van der Waals surface area contributed by atoms with E-state index in [2.05, 4.69) is 43.0 Å². The highest BCUT2D eigenvalue weighted by molar-refractivity contribution is 5.83. The van der Waals surface area contributed by atoms with Gasteiger partial charge in [0.2, 0.25) is 0 Å². The van der Waals surface area contributed by atoms with Crippen LogP contribution in [0.2, 0.25) is 0 Å². The smallest absolute Gasteiger partial charge is 0.0987 e. The maximum atomic E-state index is 4.52. The van der Waals surface area contributed by atoms with Crippen molar-refractivity contribution >= 4 is 5.71 Å². The van der Waals surface area contributed by atoms with Crippen LogP contribution in [0.25, 0.3) is 0 Å². The minimum Gasteiger partial charge on any atom is -0.315 e. The van der Waals surface area contributed by atoms with Crippen molar-refractivity contribution in [3.8, 4) is 0 Å². The Morgan fingerprint density at radius 1 is 1.58 bits per heavy atom. The van der Waals surface area contributed by atoms with Gasteiger partial charge in [-0.05, 0) is 34.5 Å². The van der Waals surface area contributed by atoms with E-state index in [0.29, 0.717) is 6.17 Å². The van der Waals surface area contributed by atoms with Gasteiger partial charge in [-0.3, -0.25) is 9.89 Å². The first kappa shape index (κ1) is 11.6. The Labute approximate surface area is 75.9 Å². The van der Waals surface area contributed by atoms with E-state index in [1.54, 1.807) is 0 Å². The quantitative estimate of drug-likeness (QED) is 0.624. The zero-order valence-electron chi connectivity index (χ0n) is 8.89. The lowest BCUT2D eigenvalue weighted by Gasteiger charge is -2.19. The van der Waals surface area contributed by atoms with Crippen LogP contribution >= 0.6 is 0 Å². The molecule has 0 aliphatic carbocycles. The van der Waals surface area contributed by atoms with Crippen LogP contribution in [-0.2, 0) is 0 Å². The summed E-state index contributed by atoms with van der Waals surface area (Å²) in [5, 5.41) is 3.08. The van der Waals surface area contributed by atoms with Crippen molar-refractivity contribution in [2.24, 2.45) is 4.99 Å². The molecule has 0 bridgehead atoms. The molecule has 3 nitrogen and oxygen atoms in total. The molecule has 0 radical (unpaired) electrons. The van der Waals surface area contributed by atoms with Crippen molar-refractivity contribution in [1.82, 2.24) is 10.2 Å². The number of hydrogen-bond donors (Lipinski definition) is 1. The van der Waals surface area contributed by atoms with Gasteiger partial charge in [0.05, 0.1) is 6.17 Å². The minimum atomic E-state index is 0.295. The molecule has 1 atom stereocenters. The third kappa shape index (κ3) is 4.46. The fraction of sp³-hybridized carbons (Fsp3) is 0.889. The molecule has 3 heteroatoms. The van der Waals surface area contributed by atoms with E-state index in [4.69, 9.17) is 0 Å². The van der Waals surface area contributed by atoms with Crippen LogP contribution < -0.4 is 5.32 Å². The van der Waals surface area contributed by atoms with Gasteiger partial charge in [-0.1, -0.05) is 6.92 Å². The average molecular weight is 171 g/mol. The van der Waals surface area contributed by atoms with Crippen LogP contribution in [0.3, 0.4) is 0 Å². The van der Waals surface area contributed by atoms with Crippen molar-refractivity contribution in [3.05, 3.63) is 0 Å². The molecule has 0 fully saturated rings. The fourth-order valence-corrected chi connectivity index (χ4v) is 0.983. The summed E-state index contributed by atoms with van der Waals surface area (Å²) in [6.07, 6.45) is 0.295. The van der Waals surface area contributed by atoms with Crippen LogP contribution in [0.4, 0.5) is 0 Å². The Bertz CT molecular complexity index is 143. The van der Waals surface area contributed by atoms with Crippen molar-refractivity contribution in [1.29, 1.82) is 0 Å². The second kappa shape index (κ2) is 6.14. The van der Waals surface area contributed by atoms with Crippen LogP contribution in [0.5, 0.6) is 0 Å². The summed E-state index contributed by atoms with van der Waals surface area (Å²) in [4.78, 5) is 6.72. The monoisotopic (exact) mass is 171 g/mol. The van der Waals surface area contributed by atoms with E-state index in [1.807, 2.05) is 7.05 Å². The summed E-state index contributed by atoms with van der Waals surface area (Å²) in [7, 11) is 4.02. The second-order valence-corrected chi connectivity index (χ2v) is 3.10. The average Bonchev–Trinajstić information content (AvgIpc) is 2.03. The standard InChI is InChI=1S/C9H21N3/c1-6-12(5)9(3)11-8(2)7-10-4/h9-10H,6-7H2,1-5H3. The summed E-state index contributed by atoms with van der Waals surface area (Å²) in [5.41, 5.74) is 1.16. The van der Waals surface area contributed by atoms with Gasteiger partial charge in [-0.25, -0.2) is 0 Å². The van der Waals surface area contributed by atoms with Crippen molar-refractivity contribution in [3.63, 3.8) is 0 Å². The lowest BCUT2D eigenvalue weighted by atomic mass is 10.4. The van der Waals surface area contributed by atoms with Gasteiger partial charge in [-0.15, -0.1) is 0 Å². The Balaban J connectivity index is 3.94. The summed E-state index contributed by atoms with van der Waals surface area (Å²) in [5.74, 6) is 0. The molecule has 1 unspecified atom stereocenters. The molecule has 0 spiro atoms. The number of hydrogen-bond acceptors (Lipinski definition) is 3. The zero-order chi connectivity index (χ0) is 9.56.